The molecule has 2 nitrogen and oxygen atoms in total. The Hall–Kier alpha value is -1.28. The van der Waals surface area contributed by atoms with Crippen molar-refractivity contribution < 1.29 is 8.91 Å². The highest BCUT2D eigenvalue weighted by atomic mass is 35.5. The number of amides is 1. The van der Waals surface area contributed by atoms with Gasteiger partial charge in [-0.3, -0.25) is 4.79 Å². The maximum atomic E-state index is 11.7. The molecule has 0 radical (unpaired) electrons. The van der Waals surface area contributed by atoms with E-state index in [1.165, 1.54) is 0 Å². The van der Waals surface area contributed by atoms with E-state index >= 15 is 0 Å². The van der Waals surface area contributed by atoms with Crippen LogP contribution in [0.4, 0.5) is 0 Å². The summed E-state index contributed by atoms with van der Waals surface area (Å²) in [6, 6.07) is 1.78. The molecule has 2 aliphatic carbocycles. The molecule has 3 heteroatoms. The van der Waals surface area contributed by atoms with E-state index in [0.29, 0.717) is 24.0 Å². The maximum absolute atomic E-state index is 11.7. The van der Waals surface area contributed by atoms with Gasteiger partial charge in [0.05, 0.1) is 8.64 Å². The average molecular weight is 251 g/mol. The van der Waals surface area contributed by atoms with Gasteiger partial charge < -0.3 is 5.73 Å². The van der Waals surface area contributed by atoms with Crippen molar-refractivity contribution in [1.82, 2.24) is 0 Å². The highest BCUT2D eigenvalue weighted by Gasteiger charge is 2.32. The second-order valence-electron chi connectivity index (χ2n) is 4.46. The summed E-state index contributed by atoms with van der Waals surface area (Å²) in [5, 5.41) is 0.239. The SMILES string of the molecule is [2H]c1c(Cl)cc2c(c1[2H])CC1=C2CCCC1([2H])C(N)=O. The fourth-order valence-corrected chi connectivity index (χ4v) is 2.90. The first-order valence-electron chi connectivity index (χ1n) is 7.17. The molecule has 2 aliphatic rings. The number of hydrogen-bond acceptors (Lipinski definition) is 1. The van der Waals surface area contributed by atoms with E-state index < -0.39 is 11.8 Å². The average Bonchev–Trinajstić information content (AvgIpc) is 2.77. The van der Waals surface area contributed by atoms with Gasteiger partial charge in [-0.1, -0.05) is 17.6 Å². The van der Waals surface area contributed by atoms with Gasteiger partial charge in [-0.25, -0.2) is 0 Å². The van der Waals surface area contributed by atoms with Crippen LogP contribution >= 0.6 is 11.6 Å². The normalized spacial score (nSPS) is 29.1. The molecule has 88 valence electrons. The molecule has 0 bridgehead atoms. The largest absolute Gasteiger partial charge is 0.369 e. The van der Waals surface area contributed by atoms with Crippen molar-refractivity contribution in [2.45, 2.75) is 25.7 Å². The third kappa shape index (κ3) is 1.67. The second-order valence-corrected chi connectivity index (χ2v) is 4.87. The number of primary amides is 1. The van der Waals surface area contributed by atoms with Crippen LogP contribution in [0.15, 0.2) is 23.7 Å². The molecule has 1 atom stereocenters. The fourth-order valence-electron chi connectivity index (χ4n) is 2.75. The summed E-state index contributed by atoms with van der Waals surface area (Å²) < 4.78 is 24.2. The molecule has 1 aromatic carbocycles. The Bertz CT molecular complexity index is 671. The summed E-state index contributed by atoms with van der Waals surface area (Å²) in [5.41, 5.74) is 8.56. The van der Waals surface area contributed by atoms with E-state index in [4.69, 9.17) is 21.4 Å². The van der Waals surface area contributed by atoms with Gasteiger partial charge in [-0.2, -0.15) is 0 Å². The van der Waals surface area contributed by atoms with Gasteiger partial charge in [0.25, 0.3) is 0 Å². The van der Waals surface area contributed by atoms with Gasteiger partial charge in [0, 0.05) is 6.39 Å². The monoisotopic (exact) mass is 250 g/mol. The summed E-state index contributed by atoms with van der Waals surface area (Å²) in [6.07, 6.45) is 2.27. The molecule has 0 spiro atoms. The molecule has 2 N–H and O–H groups in total. The van der Waals surface area contributed by atoms with Crippen LogP contribution in [-0.2, 0) is 11.2 Å². The lowest BCUT2D eigenvalue weighted by Crippen LogP contribution is -2.27. The third-order valence-corrected chi connectivity index (χ3v) is 3.69. The van der Waals surface area contributed by atoms with Crippen molar-refractivity contribution >= 4 is 23.1 Å². The van der Waals surface area contributed by atoms with E-state index in [1.54, 1.807) is 6.07 Å². The summed E-state index contributed by atoms with van der Waals surface area (Å²) in [4.78, 5) is 11.7. The van der Waals surface area contributed by atoms with Crippen LogP contribution in [0.2, 0.25) is 5.02 Å². The summed E-state index contributed by atoms with van der Waals surface area (Å²) in [7, 11) is 0. The van der Waals surface area contributed by atoms with Gasteiger partial charge in [0.15, 0.2) is 0 Å². The predicted octanol–water partition coefficient (Wildman–Crippen LogP) is 2.94. The lowest BCUT2D eigenvalue weighted by Gasteiger charge is -2.22. The summed E-state index contributed by atoms with van der Waals surface area (Å²) in [6.45, 7) is 0. The number of benzene rings is 1. The van der Waals surface area contributed by atoms with Crippen molar-refractivity contribution in [3.05, 3.63) is 39.9 Å². The van der Waals surface area contributed by atoms with E-state index in [9.17, 15) is 4.79 Å². The third-order valence-electron chi connectivity index (χ3n) is 3.49. The maximum Gasteiger partial charge on any atom is 0.224 e. The quantitative estimate of drug-likeness (QED) is 0.818. The molecule has 0 aromatic heterocycles. The minimum absolute atomic E-state index is 0.0000748. The first-order valence-corrected chi connectivity index (χ1v) is 6.05. The zero-order valence-corrected chi connectivity index (χ0v) is 10.0. The van der Waals surface area contributed by atoms with E-state index in [2.05, 4.69) is 0 Å². The number of hydrogen-bond donors (Lipinski definition) is 1. The van der Waals surface area contributed by atoms with E-state index in [0.717, 1.165) is 24.0 Å². The molecule has 1 amide bonds. The zero-order valence-electron chi connectivity index (χ0n) is 12.3. The number of carbonyl (C=O) groups excluding carboxylic acids is 1. The minimum atomic E-state index is -1.38. The smallest absolute Gasteiger partial charge is 0.224 e. The Labute approximate surface area is 110 Å². The van der Waals surface area contributed by atoms with Gasteiger partial charge in [-0.15, -0.1) is 0 Å². The molecule has 0 aliphatic heterocycles. The van der Waals surface area contributed by atoms with E-state index in [1.807, 2.05) is 0 Å². The molecular weight excluding hydrogens is 234 g/mol. The van der Waals surface area contributed by atoms with Crippen LogP contribution in [0, 0.1) is 5.89 Å². The van der Waals surface area contributed by atoms with E-state index in [-0.39, 0.29) is 17.1 Å². The van der Waals surface area contributed by atoms with Gasteiger partial charge >= 0.3 is 0 Å². The second kappa shape index (κ2) is 3.88. The summed E-state index contributed by atoms with van der Waals surface area (Å²) >= 11 is 5.99. The van der Waals surface area contributed by atoms with Crippen molar-refractivity contribution in [3.63, 3.8) is 0 Å². The van der Waals surface area contributed by atoms with Crippen LogP contribution in [0.3, 0.4) is 0 Å². The van der Waals surface area contributed by atoms with Gasteiger partial charge in [0.2, 0.25) is 5.91 Å². The number of carbonyl (C=O) groups is 1. The Morgan fingerprint density at radius 3 is 3.18 bits per heavy atom. The lowest BCUT2D eigenvalue weighted by molar-refractivity contribution is -0.121. The molecule has 0 fully saturated rings. The highest BCUT2D eigenvalue weighted by Crippen LogP contribution is 2.44. The Kier molecular flexibility index (Phi) is 1.81. The van der Waals surface area contributed by atoms with Crippen molar-refractivity contribution in [2.24, 2.45) is 11.6 Å². The molecule has 3 rings (SSSR count). The van der Waals surface area contributed by atoms with Gasteiger partial charge in [-0.05, 0) is 60.1 Å². The lowest BCUT2D eigenvalue weighted by atomic mass is 9.82. The number of allylic oxidation sites excluding steroid dienone is 1. The van der Waals surface area contributed by atoms with Crippen molar-refractivity contribution in [2.75, 3.05) is 0 Å². The standard InChI is InChI=1S/C14H14ClNO/c15-9-5-4-8-6-13-10(12(8)7-9)2-1-3-11(13)14(16)17/h4-5,7,11H,1-3,6H2,(H2,16,17)/i4D,5D,11D. The first kappa shape index (κ1) is 7.93. The number of halogens is 1. The Balaban J connectivity index is 2.21. The number of fused-ring (bicyclic) bond motifs is 2. The zero-order chi connectivity index (χ0) is 14.7. The topological polar surface area (TPSA) is 43.1 Å². The molecule has 17 heavy (non-hydrogen) atoms. The van der Waals surface area contributed by atoms with Crippen LogP contribution in [0.1, 0.15) is 34.5 Å². The molecule has 1 aromatic rings. The highest BCUT2D eigenvalue weighted by molar-refractivity contribution is 6.30. The fraction of sp³-hybridized carbons (Fsp3) is 0.357. The number of nitrogens with two attached hydrogens (primary N) is 1. The first-order chi connectivity index (χ1) is 9.36. The predicted molar refractivity (Wildman–Crippen MR) is 68.6 cm³/mol. The Morgan fingerprint density at radius 1 is 1.59 bits per heavy atom. The molecule has 0 saturated carbocycles. The Morgan fingerprint density at radius 2 is 2.41 bits per heavy atom. The summed E-state index contributed by atoms with van der Waals surface area (Å²) in [5.74, 6) is -2.02. The van der Waals surface area contributed by atoms with Crippen molar-refractivity contribution in [3.8, 4) is 0 Å². The minimum Gasteiger partial charge on any atom is -0.369 e. The van der Waals surface area contributed by atoms with Crippen LogP contribution in [-0.4, -0.2) is 5.91 Å². The van der Waals surface area contributed by atoms with Crippen molar-refractivity contribution in [1.29, 1.82) is 0 Å². The molecule has 0 saturated heterocycles. The molecular formula is C14H14ClNO. The van der Waals surface area contributed by atoms with Crippen LogP contribution in [0.25, 0.3) is 5.57 Å². The van der Waals surface area contributed by atoms with Crippen LogP contribution < -0.4 is 5.73 Å². The van der Waals surface area contributed by atoms with Crippen LogP contribution in [0.5, 0.6) is 0 Å². The molecule has 0 heterocycles. The number of rotatable bonds is 1. The van der Waals surface area contributed by atoms with Gasteiger partial charge in [0.1, 0.15) is 0 Å². The molecule has 1 unspecified atom stereocenters.